The predicted molar refractivity (Wildman–Crippen MR) is 154 cm³/mol. The lowest BCUT2D eigenvalue weighted by Crippen LogP contribution is -2.52. The average molecular weight is 601 g/mol. The second kappa shape index (κ2) is 13.1. The molecule has 7 nitrogen and oxygen atoms in total. The van der Waals surface area contributed by atoms with Crippen molar-refractivity contribution in [2.45, 2.75) is 57.6 Å². The Morgan fingerprint density at radius 1 is 0.947 bits per heavy atom. The van der Waals surface area contributed by atoms with E-state index in [2.05, 4.69) is 21.2 Å². The smallest absolute Gasteiger partial charge is 0.264 e. The van der Waals surface area contributed by atoms with Gasteiger partial charge in [-0.25, -0.2) is 8.42 Å². The van der Waals surface area contributed by atoms with Gasteiger partial charge in [0.2, 0.25) is 11.8 Å². The van der Waals surface area contributed by atoms with Crippen molar-refractivity contribution in [3.63, 3.8) is 0 Å². The molecule has 0 unspecified atom stereocenters. The molecule has 0 bridgehead atoms. The first-order valence-corrected chi connectivity index (χ1v) is 14.7. The van der Waals surface area contributed by atoms with Gasteiger partial charge in [0, 0.05) is 17.1 Å². The molecule has 9 heteroatoms. The summed E-state index contributed by atoms with van der Waals surface area (Å²) in [5.41, 5.74) is 2.04. The van der Waals surface area contributed by atoms with Gasteiger partial charge in [0.1, 0.15) is 12.6 Å². The van der Waals surface area contributed by atoms with E-state index in [1.165, 1.54) is 17.0 Å². The van der Waals surface area contributed by atoms with Crippen LogP contribution in [0, 0.1) is 6.92 Å². The molecule has 0 aromatic heterocycles. The van der Waals surface area contributed by atoms with Gasteiger partial charge < -0.3 is 10.2 Å². The summed E-state index contributed by atoms with van der Waals surface area (Å²) < 4.78 is 29.5. The third kappa shape index (κ3) is 7.45. The number of sulfonamides is 1. The molecule has 38 heavy (non-hydrogen) atoms. The van der Waals surface area contributed by atoms with Gasteiger partial charge in [0.15, 0.2) is 0 Å². The van der Waals surface area contributed by atoms with Gasteiger partial charge in [-0.1, -0.05) is 65.3 Å². The fourth-order valence-corrected chi connectivity index (χ4v) is 5.79. The van der Waals surface area contributed by atoms with Crippen LogP contribution in [0.15, 0.2) is 88.2 Å². The van der Waals surface area contributed by atoms with Crippen molar-refractivity contribution in [3.05, 3.63) is 94.5 Å². The lowest BCUT2D eigenvalue weighted by molar-refractivity contribution is -0.139. The van der Waals surface area contributed by atoms with Crippen LogP contribution >= 0.6 is 15.9 Å². The van der Waals surface area contributed by atoms with Crippen LogP contribution in [0.2, 0.25) is 0 Å². The number of carbonyl (C=O) groups excluding carboxylic acids is 2. The summed E-state index contributed by atoms with van der Waals surface area (Å²) in [4.78, 5) is 28.5. The van der Waals surface area contributed by atoms with E-state index in [0.29, 0.717) is 5.69 Å². The summed E-state index contributed by atoms with van der Waals surface area (Å²) in [6.45, 7) is 7.07. The van der Waals surface area contributed by atoms with Crippen molar-refractivity contribution >= 4 is 43.5 Å². The molecule has 0 radical (unpaired) electrons. The van der Waals surface area contributed by atoms with Crippen LogP contribution in [0.4, 0.5) is 5.69 Å². The summed E-state index contributed by atoms with van der Waals surface area (Å²) in [6, 6.07) is 21.6. The SMILES string of the molecule is CC[C@@H](C)NC(=O)[C@@H](C)N(Cc1cccc(Br)c1)C(=O)CN(c1cccc(C)c1)S(=O)(=O)c1ccccc1. The zero-order chi connectivity index (χ0) is 27.9. The van der Waals surface area contributed by atoms with E-state index in [-0.39, 0.29) is 23.4 Å². The van der Waals surface area contributed by atoms with E-state index in [1.54, 1.807) is 43.3 Å². The molecule has 3 aromatic rings. The second-order valence-corrected chi connectivity index (χ2v) is 12.1. The first-order chi connectivity index (χ1) is 18.0. The highest BCUT2D eigenvalue weighted by molar-refractivity contribution is 9.10. The van der Waals surface area contributed by atoms with Crippen LogP contribution < -0.4 is 9.62 Å². The number of anilines is 1. The monoisotopic (exact) mass is 599 g/mol. The first kappa shape index (κ1) is 29.4. The fourth-order valence-electron chi connectivity index (χ4n) is 3.91. The summed E-state index contributed by atoms with van der Waals surface area (Å²) in [5, 5.41) is 2.94. The summed E-state index contributed by atoms with van der Waals surface area (Å²) >= 11 is 3.46. The normalized spacial score (nSPS) is 12.9. The van der Waals surface area contributed by atoms with Crippen molar-refractivity contribution in [2.75, 3.05) is 10.8 Å². The van der Waals surface area contributed by atoms with Crippen molar-refractivity contribution in [1.82, 2.24) is 10.2 Å². The van der Waals surface area contributed by atoms with Crippen LogP contribution in [0.25, 0.3) is 0 Å². The lowest BCUT2D eigenvalue weighted by Gasteiger charge is -2.32. The minimum atomic E-state index is -4.07. The topological polar surface area (TPSA) is 86.8 Å². The number of amides is 2. The minimum absolute atomic E-state index is 0.0602. The van der Waals surface area contributed by atoms with Gasteiger partial charge in [-0.2, -0.15) is 0 Å². The number of nitrogens with zero attached hydrogens (tertiary/aromatic N) is 2. The average Bonchev–Trinajstić information content (AvgIpc) is 2.90. The van der Waals surface area contributed by atoms with Gasteiger partial charge >= 0.3 is 0 Å². The van der Waals surface area contributed by atoms with Gasteiger partial charge in [-0.15, -0.1) is 0 Å². The number of carbonyl (C=O) groups is 2. The van der Waals surface area contributed by atoms with Gasteiger partial charge in [0.05, 0.1) is 10.6 Å². The molecule has 3 aromatic carbocycles. The zero-order valence-corrected chi connectivity index (χ0v) is 24.5. The molecule has 202 valence electrons. The highest BCUT2D eigenvalue weighted by Crippen LogP contribution is 2.25. The molecule has 0 aliphatic rings. The van der Waals surface area contributed by atoms with Crippen LogP contribution in [0.1, 0.15) is 38.3 Å². The van der Waals surface area contributed by atoms with Crippen molar-refractivity contribution in [1.29, 1.82) is 0 Å². The Labute approximate surface area is 234 Å². The Kier molecular flexibility index (Phi) is 10.1. The summed E-state index contributed by atoms with van der Waals surface area (Å²) in [6.07, 6.45) is 0.745. The Morgan fingerprint density at radius 3 is 2.26 bits per heavy atom. The van der Waals surface area contributed by atoms with E-state index in [4.69, 9.17) is 0 Å². The van der Waals surface area contributed by atoms with E-state index in [0.717, 1.165) is 26.3 Å². The molecular weight excluding hydrogens is 566 g/mol. The maximum absolute atomic E-state index is 13.9. The number of hydrogen-bond donors (Lipinski definition) is 1. The van der Waals surface area contributed by atoms with Gasteiger partial charge in [-0.3, -0.25) is 13.9 Å². The van der Waals surface area contributed by atoms with Crippen molar-refractivity contribution in [3.8, 4) is 0 Å². The Bertz CT molecular complexity index is 1370. The summed E-state index contributed by atoms with van der Waals surface area (Å²) in [5.74, 6) is -0.784. The molecule has 0 saturated heterocycles. The Morgan fingerprint density at radius 2 is 1.63 bits per heavy atom. The third-order valence-electron chi connectivity index (χ3n) is 6.31. The standard InChI is InChI=1S/C29H34BrN3O4S/c1-5-22(3)31-29(35)23(4)32(19-24-12-10-13-25(30)18-24)28(34)20-33(26-14-9-11-21(2)17-26)38(36,37)27-15-7-6-8-16-27/h6-18,22-23H,5,19-20H2,1-4H3,(H,31,35)/t22-,23-/m1/s1. The van der Waals surface area contributed by atoms with Crippen LogP contribution in [0.3, 0.4) is 0 Å². The van der Waals surface area contributed by atoms with E-state index < -0.39 is 28.5 Å². The number of rotatable bonds is 11. The molecule has 3 rings (SSSR count). The number of nitrogens with one attached hydrogen (secondary N) is 1. The van der Waals surface area contributed by atoms with Gasteiger partial charge in [0.25, 0.3) is 10.0 Å². The first-order valence-electron chi connectivity index (χ1n) is 12.5. The molecule has 2 atom stereocenters. The highest BCUT2D eigenvalue weighted by atomic mass is 79.9. The number of aryl methyl sites for hydroxylation is 1. The lowest BCUT2D eigenvalue weighted by atomic mass is 10.1. The maximum atomic E-state index is 13.9. The van der Waals surface area contributed by atoms with Crippen LogP contribution in [-0.2, 0) is 26.2 Å². The van der Waals surface area contributed by atoms with E-state index >= 15 is 0 Å². The quantitative estimate of drug-likeness (QED) is 0.324. The van der Waals surface area contributed by atoms with Crippen molar-refractivity contribution < 1.29 is 18.0 Å². The minimum Gasteiger partial charge on any atom is -0.352 e. The molecular formula is C29H34BrN3O4S. The molecule has 0 heterocycles. The molecule has 0 spiro atoms. The predicted octanol–water partition coefficient (Wildman–Crippen LogP) is 5.28. The molecule has 1 N–H and O–H groups in total. The summed E-state index contributed by atoms with van der Waals surface area (Å²) in [7, 11) is -4.07. The van der Waals surface area contributed by atoms with Crippen LogP contribution in [0.5, 0.6) is 0 Å². The largest absolute Gasteiger partial charge is 0.352 e. The molecule has 0 aliphatic carbocycles. The third-order valence-corrected chi connectivity index (χ3v) is 8.59. The van der Waals surface area contributed by atoms with Crippen LogP contribution in [-0.4, -0.2) is 43.8 Å². The number of hydrogen-bond acceptors (Lipinski definition) is 4. The van der Waals surface area contributed by atoms with E-state index in [1.807, 2.05) is 51.1 Å². The van der Waals surface area contributed by atoms with E-state index in [9.17, 15) is 18.0 Å². The second-order valence-electron chi connectivity index (χ2n) is 9.31. The number of benzene rings is 3. The van der Waals surface area contributed by atoms with Crippen molar-refractivity contribution in [2.24, 2.45) is 0 Å². The molecule has 0 saturated carbocycles. The molecule has 2 amide bonds. The molecule has 0 aliphatic heterocycles. The fraction of sp³-hybridized carbons (Fsp3) is 0.310. The number of halogens is 1. The zero-order valence-electron chi connectivity index (χ0n) is 22.1. The Balaban J connectivity index is 2.02. The highest BCUT2D eigenvalue weighted by Gasteiger charge is 2.32. The maximum Gasteiger partial charge on any atom is 0.264 e. The Hall–Kier alpha value is -3.17. The molecule has 0 fully saturated rings. The van der Waals surface area contributed by atoms with Gasteiger partial charge in [-0.05, 0) is 74.7 Å².